The minimum atomic E-state index is -0.631. The predicted molar refractivity (Wildman–Crippen MR) is 218 cm³/mol. The van der Waals surface area contributed by atoms with Gasteiger partial charge >= 0.3 is 0 Å². The van der Waals surface area contributed by atoms with Gasteiger partial charge in [-0.1, -0.05) is 42.5 Å². The Morgan fingerprint density at radius 3 is 2.45 bits per heavy atom. The van der Waals surface area contributed by atoms with Crippen LogP contribution in [0.1, 0.15) is 70.1 Å². The van der Waals surface area contributed by atoms with E-state index >= 15 is 0 Å². The van der Waals surface area contributed by atoms with Gasteiger partial charge in [-0.2, -0.15) is 0 Å². The smallest absolute Gasteiger partial charge is 0.255 e. The van der Waals surface area contributed by atoms with Crippen LogP contribution in [0.4, 0.5) is 11.4 Å². The fourth-order valence-electron chi connectivity index (χ4n) is 10.3. The number of nitrogens with zero attached hydrogens (tertiary/aromatic N) is 4. The van der Waals surface area contributed by atoms with Crippen LogP contribution in [0.5, 0.6) is 23.0 Å². The van der Waals surface area contributed by atoms with Crippen molar-refractivity contribution in [2.45, 2.75) is 56.1 Å². The molecule has 300 valence electrons. The van der Waals surface area contributed by atoms with Gasteiger partial charge in [0.1, 0.15) is 35.6 Å². The van der Waals surface area contributed by atoms with Gasteiger partial charge in [-0.15, -0.1) is 0 Å². The van der Waals surface area contributed by atoms with E-state index in [-0.39, 0.29) is 41.9 Å². The Morgan fingerprint density at radius 2 is 1.64 bits per heavy atom. The van der Waals surface area contributed by atoms with Crippen molar-refractivity contribution in [3.05, 3.63) is 107 Å². The van der Waals surface area contributed by atoms with Crippen LogP contribution in [0.2, 0.25) is 0 Å². The zero-order valence-electron chi connectivity index (χ0n) is 32.8. The molecule has 12 nitrogen and oxygen atoms in total. The van der Waals surface area contributed by atoms with Crippen molar-refractivity contribution in [2.24, 2.45) is 5.92 Å². The van der Waals surface area contributed by atoms with Crippen molar-refractivity contribution in [1.82, 2.24) is 15.1 Å². The quantitative estimate of drug-likeness (QED) is 0.240. The first-order valence-corrected chi connectivity index (χ1v) is 20.7. The summed E-state index contributed by atoms with van der Waals surface area (Å²) in [4.78, 5) is 46.8. The number of fused-ring (bicyclic) bond motifs is 5. The fraction of sp³-hybridized carbons (Fsp3) is 0.413. The molecule has 6 aliphatic heterocycles. The lowest BCUT2D eigenvalue weighted by molar-refractivity contribution is -0.136. The zero-order chi connectivity index (χ0) is 39.5. The zero-order valence-corrected chi connectivity index (χ0v) is 32.8. The third-order valence-electron chi connectivity index (χ3n) is 13.3. The van der Waals surface area contributed by atoms with Gasteiger partial charge in [0.15, 0.2) is 0 Å². The largest absolute Gasteiger partial charge is 0.508 e. The molecular formula is C46H49N5O7. The molecule has 4 aromatic rings. The van der Waals surface area contributed by atoms with E-state index in [9.17, 15) is 19.5 Å². The van der Waals surface area contributed by atoms with Crippen LogP contribution >= 0.6 is 0 Å². The molecule has 0 bridgehead atoms. The minimum absolute atomic E-state index is 0.00496. The number of benzene rings is 4. The number of hydrogen-bond acceptors (Lipinski definition) is 10. The van der Waals surface area contributed by atoms with Crippen LogP contribution < -0.4 is 29.3 Å². The molecule has 4 aromatic carbocycles. The molecule has 0 radical (unpaired) electrons. The molecule has 58 heavy (non-hydrogen) atoms. The molecule has 2 N–H and O–H groups in total. The van der Waals surface area contributed by atoms with Crippen LogP contribution in [0.15, 0.2) is 78.9 Å². The number of amides is 3. The molecule has 10 rings (SSSR count). The van der Waals surface area contributed by atoms with Gasteiger partial charge in [0, 0.05) is 98.6 Å². The Bertz CT molecular complexity index is 2260. The second-order valence-corrected chi connectivity index (χ2v) is 16.7. The average Bonchev–Trinajstić information content (AvgIpc) is 3.56. The summed E-state index contributed by atoms with van der Waals surface area (Å²) in [5.74, 6) is 2.36. The molecule has 3 fully saturated rings. The first kappa shape index (κ1) is 36.6. The van der Waals surface area contributed by atoms with Crippen molar-refractivity contribution >= 4 is 29.1 Å². The van der Waals surface area contributed by atoms with Crippen LogP contribution in [0.25, 0.3) is 0 Å². The lowest BCUT2D eigenvalue weighted by Gasteiger charge is -2.47. The van der Waals surface area contributed by atoms with Crippen LogP contribution in [0, 0.1) is 5.92 Å². The van der Waals surface area contributed by atoms with Gasteiger partial charge in [0.2, 0.25) is 11.8 Å². The Kier molecular flexibility index (Phi) is 9.39. The molecule has 0 saturated carbocycles. The number of rotatable bonds is 7. The maximum atomic E-state index is 13.4. The van der Waals surface area contributed by atoms with E-state index in [0.29, 0.717) is 43.4 Å². The summed E-state index contributed by atoms with van der Waals surface area (Å²) in [5, 5.41) is 12.6. The topological polar surface area (TPSA) is 124 Å². The highest BCUT2D eigenvalue weighted by Crippen LogP contribution is 2.50. The van der Waals surface area contributed by atoms with Crippen molar-refractivity contribution in [1.29, 1.82) is 0 Å². The summed E-state index contributed by atoms with van der Waals surface area (Å²) < 4.78 is 18.6. The number of phenolic OH excluding ortho intramolecular Hbond substituents is 1. The van der Waals surface area contributed by atoms with Crippen molar-refractivity contribution in [3.63, 3.8) is 0 Å². The molecule has 12 heteroatoms. The maximum absolute atomic E-state index is 13.4. The SMILES string of the molecule is COc1cc(N2CCC(CN3CCN4c5cc6c(cc5OC[C@H]4C3)C(=O)N(C3CCC(=O)NC3=O)C6)CC2)ccc1[C@@H]1c2ccc(O)cc2OC[C@@H]1c1ccccc1. The number of imide groups is 1. The number of piperazine rings is 1. The van der Waals surface area contributed by atoms with E-state index in [0.717, 1.165) is 86.0 Å². The van der Waals surface area contributed by atoms with Crippen LogP contribution in [0.3, 0.4) is 0 Å². The van der Waals surface area contributed by atoms with E-state index in [1.54, 1.807) is 24.1 Å². The molecule has 0 aliphatic carbocycles. The number of phenols is 1. The first-order valence-electron chi connectivity index (χ1n) is 20.7. The molecule has 0 aromatic heterocycles. The van der Waals surface area contributed by atoms with E-state index in [1.807, 2.05) is 18.2 Å². The molecule has 3 saturated heterocycles. The molecule has 4 atom stereocenters. The fourth-order valence-corrected chi connectivity index (χ4v) is 10.3. The summed E-state index contributed by atoms with van der Waals surface area (Å²) in [7, 11) is 1.75. The number of carbonyl (C=O) groups excluding carboxylic acids is 3. The Morgan fingerprint density at radius 1 is 0.828 bits per heavy atom. The summed E-state index contributed by atoms with van der Waals surface area (Å²) in [6.07, 6.45) is 2.82. The van der Waals surface area contributed by atoms with Gasteiger partial charge in [-0.3, -0.25) is 24.6 Å². The number of anilines is 2. The van der Waals surface area contributed by atoms with Gasteiger partial charge in [0.25, 0.3) is 5.91 Å². The number of nitrogens with one attached hydrogen (secondary N) is 1. The number of hydrogen-bond donors (Lipinski definition) is 2. The number of carbonyl (C=O) groups is 3. The molecular weight excluding hydrogens is 735 g/mol. The Labute approximate surface area is 338 Å². The number of methoxy groups -OCH3 is 1. The van der Waals surface area contributed by atoms with E-state index < -0.39 is 11.9 Å². The molecule has 0 spiro atoms. The van der Waals surface area contributed by atoms with Crippen LogP contribution in [-0.4, -0.2) is 104 Å². The van der Waals surface area contributed by atoms with Gasteiger partial charge in [-0.25, -0.2) is 0 Å². The summed E-state index contributed by atoms with van der Waals surface area (Å²) in [6, 6.07) is 26.2. The standard InChI is InChI=1S/C46H49N5O7/c1-56-40-20-31(7-9-34(40)44-35-10-8-33(52)21-41(35)58-27-37(44)29-5-3-2-4-6-29)49-15-13-28(14-16-49)23-48-17-18-50-32(25-48)26-57-42-22-36-30(19-39(42)50)24-51(46(36)55)38-11-12-43(53)47-45(38)54/h2-10,19-22,28,32,37-38,44,52H,11-18,23-27H2,1H3,(H,47,53,54)/t32-,37-,38?,44-/m1/s1. The van der Waals surface area contributed by atoms with Gasteiger partial charge < -0.3 is 34.0 Å². The average molecular weight is 784 g/mol. The number of aromatic hydroxyl groups is 1. The molecule has 3 amide bonds. The number of piperidine rings is 2. The van der Waals surface area contributed by atoms with Gasteiger partial charge in [0.05, 0.1) is 25.4 Å². The minimum Gasteiger partial charge on any atom is -0.508 e. The van der Waals surface area contributed by atoms with Crippen molar-refractivity contribution in [2.75, 3.05) is 69.4 Å². The molecule has 6 aliphatic rings. The molecule has 6 heterocycles. The lowest BCUT2D eigenvalue weighted by Crippen LogP contribution is -2.58. The normalized spacial score (nSPS) is 24.6. The molecule has 1 unspecified atom stereocenters. The third-order valence-corrected chi connectivity index (χ3v) is 13.3. The number of ether oxygens (including phenoxy) is 3. The van der Waals surface area contributed by atoms with Crippen molar-refractivity contribution < 1.29 is 33.7 Å². The summed E-state index contributed by atoms with van der Waals surface area (Å²) in [6.45, 7) is 7.25. The second kappa shape index (κ2) is 14.9. The van der Waals surface area contributed by atoms with E-state index in [2.05, 4.69) is 68.5 Å². The highest BCUT2D eigenvalue weighted by molar-refractivity contribution is 6.06. The summed E-state index contributed by atoms with van der Waals surface area (Å²) in [5.41, 5.74) is 7.07. The highest BCUT2D eigenvalue weighted by Gasteiger charge is 2.42. The Balaban J connectivity index is 0.779. The summed E-state index contributed by atoms with van der Waals surface area (Å²) >= 11 is 0. The van der Waals surface area contributed by atoms with E-state index in [4.69, 9.17) is 14.2 Å². The van der Waals surface area contributed by atoms with E-state index in [1.165, 1.54) is 11.3 Å². The van der Waals surface area contributed by atoms with Crippen LogP contribution in [-0.2, 0) is 16.1 Å². The predicted octanol–water partition coefficient (Wildman–Crippen LogP) is 5.27. The first-order chi connectivity index (χ1) is 28.3. The maximum Gasteiger partial charge on any atom is 0.255 e. The third kappa shape index (κ3) is 6.57. The lowest BCUT2D eigenvalue weighted by atomic mass is 9.75. The monoisotopic (exact) mass is 783 g/mol. The van der Waals surface area contributed by atoms with Gasteiger partial charge in [-0.05, 0) is 60.6 Å². The van der Waals surface area contributed by atoms with Crippen molar-refractivity contribution in [3.8, 4) is 23.0 Å². The second-order valence-electron chi connectivity index (χ2n) is 16.7. The Hall–Kier alpha value is -5.75. The highest BCUT2D eigenvalue weighted by atomic mass is 16.5.